The van der Waals surface area contributed by atoms with Crippen LogP contribution >= 0.6 is 0 Å². The molecule has 0 atom stereocenters. The zero-order chi connectivity index (χ0) is 16.9. The van der Waals surface area contributed by atoms with Crippen molar-refractivity contribution in [1.29, 1.82) is 0 Å². The van der Waals surface area contributed by atoms with Gasteiger partial charge in [0, 0.05) is 23.5 Å². The Bertz CT molecular complexity index is 859. The van der Waals surface area contributed by atoms with E-state index in [-0.39, 0.29) is 23.9 Å². The van der Waals surface area contributed by atoms with E-state index in [2.05, 4.69) is 26.7 Å². The first-order valence-electron chi connectivity index (χ1n) is 6.91. The van der Waals surface area contributed by atoms with Crippen molar-refractivity contribution in [2.24, 2.45) is 0 Å². The highest BCUT2D eigenvalue weighted by atomic mass is 16.5. The number of ether oxygens (including phenoxy) is 1. The van der Waals surface area contributed by atoms with Crippen LogP contribution in [0.25, 0.3) is 11.4 Å². The van der Waals surface area contributed by atoms with Gasteiger partial charge in [0.15, 0.2) is 0 Å². The zero-order valence-corrected chi connectivity index (χ0v) is 12.4. The lowest BCUT2D eigenvalue weighted by Gasteiger charge is -2.03. The minimum absolute atomic E-state index is 0.00509. The Balaban J connectivity index is 1.71. The van der Waals surface area contributed by atoms with Gasteiger partial charge in [-0.1, -0.05) is 11.7 Å². The first kappa shape index (κ1) is 15.3. The average Bonchev–Trinajstić information content (AvgIpc) is 3.05. The number of hydrogen-bond donors (Lipinski definition) is 1. The van der Waals surface area contributed by atoms with Crippen molar-refractivity contribution in [2.75, 3.05) is 0 Å². The lowest BCUT2D eigenvalue weighted by Crippen LogP contribution is -2.02. The van der Waals surface area contributed by atoms with E-state index >= 15 is 0 Å². The monoisotopic (exact) mass is 324 g/mol. The molecule has 0 aliphatic heterocycles. The fourth-order valence-corrected chi connectivity index (χ4v) is 1.82. The molecule has 3 aromatic rings. The summed E-state index contributed by atoms with van der Waals surface area (Å²) in [5.41, 5.74) is 0.684. The Morgan fingerprint density at radius 1 is 1.21 bits per heavy atom. The van der Waals surface area contributed by atoms with Gasteiger partial charge in [-0.3, -0.25) is 0 Å². The Labute approximate surface area is 136 Å². The smallest absolute Gasteiger partial charge is 0.331 e. The third-order valence-electron chi connectivity index (χ3n) is 3.00. The van der Waals surface area contributed by atoms with Gasteiger partial charge in [-0.15, -0.1) is 0 Å². The molecule has 2 heterocycles. The molecule has 8 nitrogen and oxygen atoms in total. The minimum atomic E-state index is -1.10. The predicted molar refractivity (Wildman–Crippen MR) is 82.3 cm³/mol. The molecule has 8 heteroatoms. The number of carboxylic acids is 1. The van der Waals surface area contributed by atoms with Crippen molar-refractivity contribution in [1.82, 2.24) is 20.1 Å². The average molecular weight is 324 g/mol. The lowest BCUT2D eigenvalue weighted by atomic mass is 10.2. The number of carboxylic acid groups (broad SMARTS) is 1. The highest BCUT2D eigenvalue weighted by Gasteiger charge is 2.13. The van der Waals surface area contributed by atoms with E-state index in [0.29, 0.717) is 17.1 Å². The van der Waals surface area contributed by atoms with E-state index in [0.717, 1.165) is 0 Å². The normalized spacial score (nSPS) is 10.3. The summed E-state index contributed by atoms with van der Waals surface area (Å²) in [6.45, 7) is 3.43. The first-order valence-corrected chi connectivity index (χ1v) is 6.91. The summed E-state index contributed by atoms with van der Waals surface area (Å²) < 4.78 is 10.5. The van der Waals surface area contributed by atoms with E-state index in [4.69, 9.17) is 14.4 Å². The van der Waals surface area contributed by atoms with Crippen molar-refractivity contribution in [3.05, 3.63) is 60.8 Å². The molecule has 0 unspecified atom stereocenters. The van der Waals surface area contributed by atoms with E-state index in [1.165, 1.54) is 0 Å². The second-order valence-electron chi connectivity index (χ2n) is 4.76. The van der Waals surface area contributed by atoms with Gasteiger partial charge in [0.1, 0.15) is 5.75 Å². The minimum Gasteiger partial charge on any atom is -0.478 e. The molecule has 0 aliphatic carbocycles. The number of aromatic nitrogens is 4. The van der Waals surface area contributed by atoms with E-state index in [1.54, 1.807) is 42.7 Å². The maximum absolute atomic E-state index is 10.8. The van der Waals surface area contributed by atoms with E-state index < -0.39 is 5.97 Å². The van der Waals surface area contributed by atoms with Crippen molar-refractivity contribution in [3.8, 4) is 23.1 Å². The molecule has 0 saturated carbocycles. The molecule has 3 rings (SSSR count). The highest BCUT2D eigenvalue weighted by molar-refractivity contribution is 5.86. The van der Waals surface area contributed by atoms with Crippen molar-refractivity contribution in [2.45, 2.75) is 6.42 Å². The van der Waals surface area contributed by atoms with Gasteiger partial charge in [-0.25, -0.2) is 14.8 Å². The summed E-state index contributed by atoms with van der Waals surface area (Å²) in [6.07, 6.45) is 3.17. The molecule has 0 spiro atoms. The summed E-state index contributed by atoms with van der Waals surface area (Å²) >= 11 is 0. The number of benzene rings is 1. The molecule has 2 aromatic heterocycles. The van der Waals surface area contributed by atoms with Crippen LogP contribution in [-0.4, -0.2) is 31.2 Å². The standard InChI is InChI=1S/C16H12N4O4/c1-10(15(21)22)9-13-19-14(20-24-13)11-3-5-12(6-4-11)23-16-17-7-2-8-18-16/h2-8H,1,9H2,(H,21,22). The van der Waals surface area contributed by atoms with Gasteiger partial charge in [0.25, 0.3) is 0 Å². The van der Waals surface area contributed by atoms with Gasteiger partial charge in [-0.2, -0.15) is 4.98 Å². The van der Waals surface area contributed by atoms with E-state index in [1.807, 2.05) is 0 Å². The maximum Gasteiger partial charge on any atom is 0.331 e. The first-order chi connectivity index (χ1) is 11.6. The molecule has 0 fully saturated rings. The van der Waals surface area contributed by atoms with Crippen LogP contribution in [0, 0.1) is 0 Å². The van der Waals surface area contributed by atoms with Crippen LogP contribution in [0.5, 0.6) is 11.8 Å². The lowest BCUT2D eigenvalue weighted by molar-refractivity contribution is -0.132. The number of aliphatic carboxylic acids is 1. The summed E-state index contributed by atoms with van der Waals surface area (Å²) in [7, 11) is 0. The predicted octanol–water partition coefficient (Wildman–Crippen LogP) is 2.50. The summed E-state index contributed by atoms with van der Waals surface area (Å²) in [6, 6.07) is 8.88. The van der Waals surface area contributed by atoms with Crippen LogP contribution < -0.4 is 4.74 Å². The molecule has 24 heavy (non-hydrogen) atoms. The highest BCUT2D eigenvalue weighted by Crippen LogP contribution is 2.22. The van der Waals surface area contributed by atoms with Crippen LogP contribution in [0.2, 0.25) is 0 Å². The molecule has 120 valence electrons. The fraction of sp³-hybridized carbons (Fsp3) is 0.0625. The molecule has 0 bridgehead atoms. The van der Waals surface area contributed by atoms with Gasteiger partial charge < -0.3 is 14.4 Å². The summed E-state index contributed by atoms with van der Waals surface area (Å²) in [5.74, 6) is 0.00779. The van der Waals surface area contributed by atoms with E-state index in [9.17, 15) is 4.79 Å². The van der Waals surface area contributed by atoms with Crippen LogP contribution in [-0.2, 0) is 11.2 Å². The second-order valence-corrected chi connectivity index (χ2v) is 4.76. The number of carbonyl (C=O) groups is 1. The Morgan fingerprint density at radius 3 is 2.58 bits per heavy atom. The molecule has 0 radical (unpaired) electrons. The molecule has 0 aliphatic rings. The maximum atomic E-state index is 10.8. The Hall–Kier alpha value is -3.55. The zero-order valence-electron chi connectivity index (χ0n) is 12.4. The topological polar surface area (TPSA) is 111 Å². The summed E-state index contributed by atoms with van der Waals surface area (Å²) in [4.78, 5) is 22.8. The van der Waals surface area contributed by atoms with Crippen LogP contribution in [0.4, 0.5) is 0 Å². The fourth-order valence-electron chi connectivity index (χ4n) is 1.82. The number of hydrogen-bond acceptors (Lipinski definition) is 7. The van der Waals surface area contributed by atoms with Crippen molar-refractivity contribution in [3.63, 3.8) is 0 Å². The molecule has 1 aromatic carbocycles. The molecular weight excluding hydrogens is 312 g/mol. The van der Waals surface area contributed by atoms with Crippen molar-refractivity contribution >= 4 is 5.97 Å². The van der Waals surface area contributed by atoms with Crippen LogP contribution in [0.3, 0.4) is 0 Å². The molecule has 0 amide bonds. The van der Waals surface area contributed by atoms with Gasteiger partial charge in [-0.05, 0) is 30.3 Å². The SMILES string of the molecule is C=C(Cc1nc(-c2ccc(Oc3ncccn3)cc2)no1)C(=O)O. The quantitative estimate of drug-likeness (QED) is 0.688. The largest absolute Gasteiger partial charge is 0.478 e. The third-order valence-corrected chi connectivity index (χ3v) is 3.00. The number of rotatable bonds is 6. The Morgan fingerprint density at radius 2 is 1.92 bits per heavy atom. The summed E-state index contributed by atoms with van der Waals surface area (Å²) in [5, 5.41) is 12.6. The van der Waals surface area contributed by atoms with Crippen LogP contribution in [0.1, 0.15) is 5.89 Å². The van der Waals surface area contributed by atoms with Crippen molar-refractivity contribution < 1.29 is 19.2 Å². The van der Waals surface area contributed by atoms with Gasteiger partial charge in [0.2, 0.25) is 11.7 Å². The molecule has 1 N–H and O–H groups in total. The molecular formula is C16H12N4O4. The second kappa shape index (κ2) is 6.69. The molecule has 0 saturated heterocycles. The Kier molecular flexibility index (Phi) is 4.28. The van der Waals surface area contributed by atoms with Gasteiger partial charge >= 0.3 is 12.0 Å². The van der Waals surface area contributed by atoms with Gasteiger partial charge in [0.05, 0.1) is 6.42 Å². The third kappa shape index (κ3) is 3.61. The van der Waals surface area contributed by atoms with Crippen LogP contribution in [0.15, 0.2) is 59.4 Å². The number of nitrogens with zero attached hydrogens (tertiary/aromatic N) is 4.